The first-order chi connectivity index (χ1) is 5.20. The molecule has 0 aromatic heterocycles. The molecule has 0 amide bonds. The summed E-state index contributed by atoms with van der Waals surface area (Å²) in [5.74, 6) is 0.616. The number of nitrogens with two attached hydrogens (primary N) is 1. The summed E-state index contributed by atoms with van der Waals surface area (Å²) in [7, 11) is 0. The van der Waals surface area contributed by atoms with Crippen molar-refractivity contribution >= 4 is 0 Å². The summed E-state index contributed by atoms with van der Waals surface area (Å²) >= 11 is 0. The zero-order chi connectivity index (χ0) is 8.27. The van der Waals surface area contributed by atoms with E-state index in [4.69, 9.17) is 10.5 Å². The lowest BCUT2D eigenvalue weighted by molar-refractivity contribution is 0.0318. The summed E-state index contributed by atoms with van der Waals surface area (Å²) in [6.45, 7) is 5.24. The Balaban J connectivity index is 2.38. The van der Waals surface area contributed by atoms with E-state index in [-0.39, 0.29) is 0 Å². The highest BCUT2D eigenvalue weighted by atomic mass is 16.5. The summed E-state index contributed by atoms with van der Waals surface area (Å²) in [5, 5.41) is 0. The van der Waals surface area contributed by atoms with Gasteiger partial charge in [-0.1, -0.05) is 6.92 Å². The van der Waals surface area contributed by atoms with Gasteiger partial charge in [0.1, 0.15) is 0 Å². The molecule has 1 fully saturated rings. The predicted molar refractivity (Wildman–Crippen MR) is 46.4 cm³/mol. The minimum Gasteiger partial charge on any atom is -0.378 e. The minimum atomic E-state index is 0.390. The summed E-state index contributed by atoms with van der Waals surface area (Å²) in [5.41, 5.74) is 5.95. The summed E-state index contributed by atoms with van der Waals surface area (Å²) in [4.78, 5) is 0. The molecule has 0 aromatic rings. The van der Waals surface area contributed by atoms with Gasteiger partial charge < -0.3 is 10.5 Å². The normalized spacial score (nSPS) is 41.2. The Morgan fingerprint density at radius 2 is 2.09 bits per heavy atom. The topological polar surface area (TPSA) is 35.2 Å². The van der Waals surface area contributed by atoms with E-state index in [0.717, 1.165) is 25.9 Å². The largest absolute Gasteiger partial charge is 0.378 e. The second-order valence-electron chi connectivity index (χ2n) is 3.70. The number of hydrogen-bond donors (Lipinski definition) is 1. The smallest absolute Gasteiger partial charge is 0.0550 e. The monoisotopic (exact) mass is 157 g/mol. The molecule has 0 aromatic carbocycles. The third kappa shape index (κ3) is 2.80. The van der Waals surface area contributed by atoms with Crippen molar-refractivity contribution in [3.05, 3.63) is 0 Å². The van der Waals surface area contributed by atoms with Gasteiger partial charge in [-0.25, -0.2) is 0 Å². The molecule has 3 unspecified atom stereocenters. The van der Waals surface area contributed by atoms with Crippen LogP contribution in [0.15, 0.2) is 0 Å². The lowest BCUT2D eigenvalue weighted by Gasteiger charge is -2.26. The van der Waals surface area contributed by atoms with Crippen LogP contribution in [-0.2, 0) is 4.74 Å². The standard InChI is InChI=1S/C9H19NO/c1-7-6-8(2)11-5-3-4-9(7)10/h7-9H,3-6,10H2,1-2H3. The first-order valence-electron chi connectivity index (χ1n) is 4.57. The van der Waals surface area contributed by atoms with Gasteiger partial charge in [0.2, 0.25) is 0 Å². The SMILES string of the molecule is CC1CC(C)C(N)CCCO1. The van der Waals surface area contributed by atoms with Crippen LogP contribution in [0.5, 0.6) is 0 Å². The Bertz CT molecular complexity index is 116. The fourth-order valence-corrected chi connectivity index (χ4v) is 1.65. The van der Waals surface area contributed by atoms with Crippen molar-refractivity contribution in [1.29, 1.82) is 0 Å². The van der Waals surface area contributed by atoms with E-state index in [9.17, 15) is 0 Å². The molecule has 2 N–H and O–H groups in total. The van der Waals surface area contributed by atoms with Crippen molar-refractivity contribution in [3.8, 4) is 0 Å². The minimum absolute atomic E-state index is 0.390. The lowest BCUT2D eigenvalue weighted by atomic mass is 9.92. The molecule has 11 heavy (non-hydrogen) atoms. The fourth-order valence-electron chi connectivity index (χ4n) is 1.65. The molecule has 2 nitrogen and oxygen atoms in total. The van der Waals surface area contributed by atoms with E-state index in [1.165, 1.54) is 0 Å². The van der Waals surface area contributed by atoms with E-state index in [1.807, 2.05) is 0 Å². The maximum absolute atomic E-state index is 5.95. The highest BCUT2D eigenvalue weighted by molar-refractivity contribution is 4.73. The zero-order valence-electron chi connectivity index (χ0n) is 7.55. The molecule has 0 aliphatic carbocycles. The number of hydrogen-bond acceptors (Lipinski definition) is 2. The Labute approximate surface area is 69.1 Å². The van der Waals surface area contributed by atoms with E-state index in [1.54, 1.807) is 0 Å². The molecule has 0 radical (unpaired) electrons. The first-order valence-corrected chi connectivity index (χ1v) is 4.57. The van der Waals surface area contributed by atoms with Gasteiger partial charge in [-0.3, -0.25) is 0 Å². The van der Waals surface area contributed by atoms with Crippen LogP contribution in [0.2, 0.25) is 0 Å². The quantitative estimate of drug-likeness (QED) is 0.579. The van der Waals surface area contributed by atoms with Gasteiger partial charge in [0.15, 0.2) is 0 Å². The average Bonchev–Trinajstić information content (AvgIpc) is 1.95. The summed E-state index contributed by atoms with van der Waals surface area (Å²) < 4.78 is 5.55. The van der Waals surface area contributed by atoms with Gasteiger partial charge in [0.05, 0.1) is 6.10 Å². The van der Waals surface area contributed by atoms with Crippen LogP contribution >= 0.6 is 0 Å². The van der Waals surface area contributed by atoms with Gasteiger partial charge in [-0.2, -0.15) is 0 Å². The summed E-state index contributed by atoms with van der Waals surface area (Å²) in [6, 6.07) is 0.390. The van der Waals surface area contributed by atoms with Crippen LogP contribution in [0.4, 0.5) is 0 Å². The molecule has 1 aliphatic heterocycles. The van der Waals surface area contributed by atoms with Crippen molar-refractivity contribution in [3.63, 3.8) is 0 Å². The fraction of sp³-hybridized carbons (Fsp3) is 1.00. The molecule has 1 saturated heterocycles. The third-order valence-electron chi connectivity index (χ3n) is 2.52. The van der Waals surface area contributed by atoms with Crippen molar-refractivity contribution in [2.45, 2.75) is 45.3 Å². The Morgan fingerprint density at radius 1 is 1.36 bits per heavy atom. The van der Waals surface area contributed by atoms with Gasteiger partial charge in [0.25, 0.3) is 0 Å². The average molecular weight is 157 g/mol. The van der Waals surface area contributed by atoms with Crippen molar-refractivity contribution < 1.29 is 4.74 Å². The maximum Gasteiger partial charge on any atom is 0.0550 e. The molecule has 2 heteroatoms. The lowest BCUT2D eigenvalue weighted by Crippen LogP contribution is -2.33. The molecule has 1 aliphatic rings. The molecule has 0 spiro atoms. The van der Waals surface area contributed by atoms with E-state index in [2.05, 4.69) is 13.8 Å². The summed E-state index contributed by atoms with van der Waals surface area (Å²) in [6.07, 6.45) is 3.75. The highest BCUT2D eigenvalue weighted by Gasteiger charge is 2.18. The molecular formula is C9H19NO. The van der Waals surface area contributed by atoms with Crippen molar-refractivity contribution in [2.24, 2.45) is 11.7 Å². The van der Waals surface area contributed by atoms with E-state index < -0.39 is 0 Å². The Morgan fingerprint density at radius 3 is 2.82 bits per heavy atom. The molecule has 3 atom stereocenters. The van der Waals surface area contributed by atoms with Crippen LogP contribution in [0.1, 0.15) is 33.1 Å². The Hall–Kier alpha value is -0.0800. The number of ether oxygens (including phenoxy) is 1. The van der Waals surface area contributed by atoms with Crippen LogP contribution < -0.4 is 5.73 Å². The molecule has 0 bridgehead atoms. The predicted octanol–water partition coefficient (Wildman–Crippen LogP) is 1.54. The Kier molecular flexibility index (Phi) is 3.34. The van der Waals surface area contributed by atoms with Gasteiger partial charge in [-0.05, 0) is 32.1 Å². The van der Waals surface area contributed by atoms with Gasteiger partial charge in [0, 0.05) is 12.6 Å². The molecule has 0 saturated carbocycles. The molecular weight excluding hydrogens is 138 g/mol. The molecule has 1 rings (SSSR count). The van der Waals surface area contributed by atoms with Crippen LogP contribution in [0.3, 0.4) is 0 Å². The molecule has 1 heterocycles. The van der Waals surface area contributed by atoms with Crippen LogP contribution in [0, 0.1) is 5.92 Å². The van der Waals surface area contributed by atoms with E-state index in [0.29, 0.717) is 18.1 Å². The van der Waals surface area contributed by atoms with E-state index >= 15 is 0 Å². The first kappa shape index (κ1) is 9.01. The van der Waals surface area contributed by atoms with Gasteiger partial charge >= 0.3 is 0 Å². The highest BCUT2D eigenvalue weighted by Crippen LogP contribution is 2.18. The zero-order valence-corrected chi connectivity index (χ0v) is 7.55. The maximum atomic E-state index is 5.95. The second-order valence-corrected chi connectivity index (χ2v) is 3.70. The van der Waals surface area contributed by atoms with Crippen LogP contribution in [-0.4, -0.2) is 18.8 Å². The van der Waals surface area contributed by atoms with Crippen LogP contribution in [0.25, 0.3) is 0 Å². The van der Waals surface area contributed by atoms with Crippen molar-refractivity contribution in [1.82, 2.24) is 0 Å². The molecule has 66 valence electrons. The van der Waals surface area contributed by atoms with Gasteiger partial charge in [-0.15, -0.1) is 0 Å². The third-order valence-corrected chi connectivity index (χ3v) is 2.52. The van der Waals surface area contributed by atoms with Crippen molar-refractivity contribution in [2.75, 3.05) is 6.61 Å². The number of rotatable bonds is 0. The second kappa shape index (κ2) is 4.07.